The van der Waals surface area contributed by atoms with Crippen LogP contribution in [-0.4, -0.2) is 9.55 Å². The Balaban J connectivity index is 2.31. The van der Waals surface area contributed by atoms with Crippen LogP contribution in [0.25, 0.3) is 11.1 Å². The molecule has 20 heavy (non-hydrogen) atoms. The Kier molecular flexibility index (Phi) is 3.15. The number of aromatic nitrogens is 2. The lowest BCUT2D eigenvalue weighted by atomic mass is 10.1. The number of nitrogen functional groups attached to an aromatic ring is 1. The number of nitrogens with zero attached hydrogens (tertiary/aromatic N) is 1. The molecule has 5 nitrogen and oxygen atoms in total. The minimum absolute atomic E-state index is 0.0189. The highest BCUT2D eigenvalue weighted by Crippen LogP contribution is 2.33. The largest absolute Gasteiger partial charge is 0.384 e. The lowest BCUT2D eigenvalue weighted by Gasteiger charge is -2.10. The molecule has 104 valence electrons. The van der Waals surface area contributed by atoms with E-state index in [1.54, 1.807) is 6.07 Å². The number of benzene rings is 1. The van der Waals surface area contributed by atoms with Gasteiger partial charge in [0.05, 0.1) is 5.56 Å². The second-order valence-electron chi connectivity index (χ2n) is 4.75. The molecule has 1 aromatic carbocycles. The molecule has 0 aliphatic heterocycles. The first-order chi connectivity index (χ1) is 9.49. The Bertz CT molecular complexity index is 808. The number of hydrogen-bond donors (Lipinski definition) is 2. The van der Waals surface area contributed by atoms with Crippen molar-refractivity contribution in [2.75, 3.05) is 5.73 Å². The van der Waals surface area contributed by atoms with Gasteiger partial charge in [-0.2, -0.15) is 0 Å². The fourth-order valence-corrected chi connectivity index (χ4v) is 2.64. The maximum Gasteiger partial charge on any atom is 0.330 e. The molecule has 1 aromatic heterocycles. The number of anilines is 1. The van der Waals surface area contributed by atoms with Crippen molar-refractivity contribution >= 4 is 28.4 Å². The van der Waals surface area contributed by atoms with Crippen molar-refractivity contribution < 1.29 is 4.39 Å². The molecule has 0 amide bonds. The van der Waals surface area contributed by atoms with E-state index in [1.807, 2.05) is 22.6 Å². The normalized spacial score (nSPS) is 14.5. The summed E-state index contributed by atoms with van der Waals surface area (Å²) in [6.45, 7) is 0. The van der Waals surface area contributed by atoms with E-state index in [0.717, 1.165) is 21.0 Å². The highest BCUT2D eigenvalue weighted by Gasteiger charge is 2.29. The number of hydrogen-bond acceptors (Lipinski definition) is 3. The van der Waals surface area contributed by atoms with Gasteiger partial charge in [-0.1, -0.05) is 6.07 Å². The zero-order valence-corrected chi connectivity index (χ0v) is 12.5. The number of aromatic amines is 1. The van der Waals surface area contributed by atoms with Crippen molar-refractivity contribution in [2.45, 2.75) is 18.9 Å². The summed E-state index contributed by atoms with van der Waals surface area (Å²) < 4.78 is 15.9. The average Bonchev–Trinajstić information content (AvgIpc) is 3.15. The Morgan fingerprint density at radius 1 is 1.35 bits per heavy atom. The van der Waals surface area contributed by atoms with Gasteiger partial charge in [-0.3, -0.25) is 14.3 Å². The lowest BCUT2D eigenvalue weighted by Crippen LogP contribution is -2.36. The van der Waals surface area contributed by atoms with Crippen LogP contribution in [0.5, 0.6) is 0 Å². The molecule has 1 heterocycles. The van der Waals surface area contributed by atoms with Gasteiger partial charge in [0.25, 0.3) is 5.56 Å². The Hall–Kier alpha value is -1.64. The van der Waals surface area contributed by atoms with Crippen LogP contribution in [0.2, 0.25) is 0 Å². The van der Waals surface area contributed by atoms with Gasteiger partial charge in [0.1, 0.15) is 11.6 Å². The van der Waals surface area contributed by atoms with Gasteiger partial charge in [-0.05, 0) is 47.6 Å². The highest BCUT2D eigenvalue weighted by molar-refractivity contribution is 14.1. The standard InChI is InChI=1S/C13H11FIN3O2/c14-9-5-6(15)1-4-8(9)10-11(16)17-13(20)18(12(10)19)7-2-3-7/h1,4-5,7H,2-3,16H2,(H,17,20). The zero-order chi connectivity index (χ0) is 14.4. The van der Waals surface area contributed by atoms with Crippen LogP contribution in [-0.2, 0) is 0 Å². The molecule has 3 N–H and O–H groups in total. The second kappa shape index (κ2) is 4.72. The second-order valence-corrected chi connectivity index (χ2v) is 5.99. The van der Waals surface area contributed by atoms with Crippen molar-refractivity contribution in [1.29, 1.82) is 0 Å². The van der Waals surface area contributed by atoms with Gasteiger partial charge >= 0.3 is 5.69 Å². The molecule has 3 rings (SSSR count). The van der Waals surface area contributed by atoms with Crippen molar-refractivity contribution in [1.82, 2.24) is 9.55 Å². The van der Waals surface area contributed by atoms with E-state index in [-0.39, 0.29) is 23.0 Å². The monoisotopic (exact) mass is 387 g/mol. The predicted molar refractivity (Wildman–Crippen MR) is 82.1 cm³/mol. The van der Waals surface area contributed by atoms with E-state index in [9.17, 15) is 14.0 Å². The smallest absolute Gasteiger partial charge is 0.330 e. The number of H-pyrrole nitrogens is 1. The van der Waals surface area contributed by atoms with Gasteiger partial charge in [-0.15, -0.1) is 0 Å². The molecule has 0 radical (unpaired) electrons. The molecule has 0 bridgehead atoms. The van der Waals surface area contributed by atoms with Crippen LogP contribution in [0.1, 0.15) is 18.9 Å². The molecule has 7 heteroatoms. The van der Waals surface area contributed by atoms with E-state index >= 15 is 0 Å². The van der Waals surface area contributed by atoms with Crippen LogP contribution in [0.3, 0.4) is 0 Å². The van der Waals surface area contributed by atoms with Crippen LogP contribution in [0.4, 0.5) is 10.2 Å². The van der Waals surface area contributed by atoms with E-state index in [0.29, 0.717) is 0 Å². The fraction of sp³-hybridized carbons (Fsp3) is 0.231. The van der Waals surface area contributed by atoms with E-state index in [2.05, 4.69) is 4.98 Å². The average molecular weight is 387 g/mol. The van der Waals surface area contributed by atoms with Gasteiger partial charge < -0.3 is 5.73 Å². The molecule has 0 atom stereocenters. The number of halogens is 2. The summed E-state index contributed by atoms with van der Waals surface area (Å²) in [7, 11) is 0. The quantitative estimate of drug-likeness (QED) is 0.773. The van der Waals surface area contributed by atoms with Crippen LogP contribution in [0, 0.1) is 9.39 Å². The highest BCUT2D eigenvalue weighted by atomic mass is 127. The molecule has 0 spiro atoms. The molecule has 1 aliphatic rings. The molecule has 0 saturated heterocycles. The zero-order valence-electron chi connectivity index (χ0n) is 10.3. The Morgan fingerprint density at radius 2 is 2.05 bits per heavy atom. The topological polar surface area (TPSA) is 80.9 Å². The van der Waals surface area contributed by atoms with E-state index in [4.69, 9.17) is 5.73 Å². The Morgan fingerprint density at radius 3 is 2.65 bits per heavy atom. The first-order valence-corrected chi connectivity index (χ1v) is 7.16. The van der Waals surface area contributed by atoms with Gasteiger partial charge in [-0.25, -0.2) is 9.18 Å². The summed E-state index contributed by atoms with van der Waals surface area (Å²) in [5.74, 6) is -0.632. The summed E-state index contributed by atoms with van der Waals surface area (Å²) in [5.41, 5.74) is 4.77. The first kappa shape index (κ1) is 13.3. The third kappa shape index (κ3) is 2.15. The van der Waals surface area contributed by atoms with E-state index in [1.165, 1.54) is 12.1 Å². The maximum absolute atomic E-state index is 14.0. The fourth-order valence-electron chi connectivity index (χ4n) is 2.18. The minimum Gasteiger partial charge on any atom is -0.384 e. The molecule has 1 aliphatic carbocycles. The predicted octanol–water partition coefficient (Wildman–Crippen LogP) is 1.86. The Labute approximate surface area is 126 Å². The van der Waals surface area contributed by atoms with Gasteiger partial charge in [0.2, 0.25) is 0 Å². The van der Waals surface area contributed by atoms with Crippen molar-refractivity contribution in [2.24, 2.45) is 0 Å². The molecular weight excluding hydrogens is 376 g/mol. The molecule has 0 unspecified atom stereocenters. The maximum atomic E-state index is 14.0. The third-order valence-electron chi connectivity index (χ3n) is 3.27. The van der Waals surface area contributed by atoms with Crippen LogP contribution >= 0.6 is 22.6 Å². The van der Waals surface area contributed by atoms with Crippen LogP contribution < -0.4 is 17.0 Å². The SMILES string of the molecule is Nc1[nH]c(=O)n(C2CC2)c(=O)c1-c1ccc(I)cc1F. The minimum atomic E-state index is -0.537. The lowest BCUT2D eigenvalue weighted by molar-refractivity contribution is 0.626. The molecule has 2 aromatic rings. The number of nitrogens with one attached hydrogen (secondary N) is 1. The molecule has 1 fully saturated rings. The number of nitrogens with two attached hydrogens (primary N) is 1. The van der Waals surface area contributed by atoms with Crippen molar-refractivity contribution in [3.8, 4) is 11.1 Å². The van der Waals surface area contributed by atoms with Crippen molar-refractivity contribution in [3.63, 3.8) is 0 Å². The summed E-state index contributed by atoms with van der Waals surface area (Å²) in [5, 5.41) is 0. The van der Waals surface area contributed by atoms with Gasteiger partial charge in [0.15, 0.2) is 0 Å². The van der Waals surface area contributed by atoms with Crippen LogP contribution in [0.15, 0.2) is 27.8 Å². The summed E-state index contributed by atoms with van der Waals surface area (Å²) in [6, 6.07) is 4.41. The van der Waals surface area contributed by atoms with E-state index < -0.39 is 17.1 Å². The van der Waals surface area contributed by atoms with Crippen molar-refractivity contribution in [3.05, 3.63) is 48.4 Å². The molecular formula is C13H11FIN3O2. The number of rotatable bonds is 2. The third-order valence-corrected chi connectivity index (χ3v) is 3.95. The first-order valence-electron chi connectivity index (χ1n) is 6.08. The molecule has 1 saturated carbocycles. The summed E-state index contributed by atoms with van der Waals surface area (Å²) >= 11 is 1.98. The summed E-state index contributed by atoms with van der Waals surface area (Å²) in [4.78, 5) is 26.6. The van der Waals surface area contributed by atoms with Gasteiger partial charge in [0, 0.05) is 15.2 Å². The summed E-state index contributed by atoms with van der Waals surface area (Å²) in [6.07, 6.45) is 1.56.